The molecule has 2 aromatic rings. The lowest BCUT2D eigenvalue weighted by Crippen LogP contribution is -2.28. The standard InChI is InChI=1S/C23H25F3N4O/c24-14-5-16(23(26)20(25)6-14)21-1-2-22(29-28-21)27-15-3-12-7-30(8-13(12)4-15)9-17-18-10-31-11-19(17)18/h1-2,5-6,12-13,15,17-19H,3-4,7-11H2,(H,27,29)/t12-,13+,15+,17?,18?,19?. The van der Waals surface area contributed by atoms with Crippen LogP contribution in [0.25, 0.3) is 11.3 Å². The van der Waals surface area contributed by atoms with Gasteiger partial charge in [-0.25, -0.2) is 13.2 Å². The molecule has 164 valence electrons. The number of likely N-dealkylation sites (tertiary alicyclic amines) is 1. The number of hydrogen-bond donors (Lipinski definition) is 1. The number of benzene rings is 1. The summed E-state index contributed by atoms with van der Waals surface area (Å²) >= 11 is 0. The highest BCUT2D eigenvalue weighted by Crippen LogP contribution is 2.52. The van der Waals surface area contributed by atoms with Crippen molar-refractivity contribution in [3.05, 3.63) is 41.7 Å². The average molecular weight is 430 g/mol. The first-order chi connectivity index (χ1) is 15.0. The average Bonchev–Trinajstić information content (AvgIpc) is 3.14. The molecule has 2 aliphatic heterocycles. The van der Waals surface area contributed by atoms with Crippen molar-refractivity contribution in [2.45, 2.75) is 18.9 Å². The normalized spacial score (nSPS) is 34.0. The zero-order chi connectivity index (χ0) is 21.1. The van der Waals surface area contributed by atoms with E-state index in [2.05, 4.69) is 20.4 Å². The van der Waals surface area contributed by atoms with Crippen molar-refractivity contribution < 1.29 is 17.9 Å². The van der Waals surface area contributed by atoms with Gasteiger partial charge in [-0.05, 0) is 60.6 Å². The number of anilines is 1. The molecule has 1 aromatic heterocycles. The highest BCUT2D eigenvalue weighted by Gasteiger charge is 2.55. The number of aromatic nitrogens is 2. The molecule has 1 N–H and O–H groups in total. The minimum absolute atomic E-state index is 0.107. The lowest BCUT2D eigenvalue weighted by molar-refractivity contribution is 0.141. The van der Waals surface area contributed by atoms with Gasteiger partial charge in [0.15, 0.2) is 11.6 Å². The van der Waals surface area contributed by atoms with E-state index in [-0.39, 0.29) is 11.3 Å². The van der Waals surface area contributed by atoms with Crippen LogP contribution in [-0.2, 0) is 4.74 Å². The Hall–Kier alpha value is -2.19. The van der Waals surface area contributed by atoms with Crippen molar-refractivity contribution in [1.29, 1.82) is 0 Å². The van der Waals surface area contributed by atoms with Crippen LogP contribution in [0.5, 0.6) is 0 Å². The quantitative estimate of drug-likeness (QED) is 0.735. The van der Waals surface area contributed by atoms with Gasteiger partial charge < -0.3 is 15.0 Å². The van der Waals surface area contributed by atoms with E-state index in [0.717, 1.165) is 49.9 Å². The number of nitrogens with zero attached hydrogens (tertiary/aromatic N) is 3. The van der Waals surface area contributed by atoms with Crippen LogP contribution in [-0.4, -0.2) is 54.0 Å². The number of halogens is 3. The van der Waals surface area contributed by atoms with Crippen LogP contribution in [0.15, 0.2) is 24.3 Å². The van der Waals surface area contributed by atoms with Gasteiger partial charge in [-0.15, -0.1) is 10.2 Å². The van der Waals surface area contributed by atoms with Crippen molar-refractivity contribution in [2.75, 3.05) is 38.2 Å². The maximum atomic E-state index is 14.0. The third-order valence-corrected chi connectivity index (χ3v) is 7.71. The fraction of sp³-hybridized carbons (Fsp3) is 0.565. The van der Waals surface area contributed by atoms with Crippen molar-refractivity contribution in [1.82, 2.24) is 15.1 Å². The number of ether oxygens (including phenoxy) is 1. The predicted molar refractivity (Wildman–Crippen MR) is 109 cm³/mol. The van der Waals surface area contributed by atoms with Gasteiger partial charge in [0.1, 0.15) is 11.6 Å². The monoisotopic (exact) mass is 430 g/mol. The lowest BCUT2D eigenvalue weighted by atomic mass is 10.0. The Kier molecular flexibility index (Phi) is 4.68. The molecule has 6 rings (SSSR count). The van der Waals surface area contributed by atoms with Crippen LogP contribution in [0.3, 0.4) is 0 Å². The molecule has 1 aromatic carbocycles. The van der Waals surface area contributed by atoms with E-state index >= 15 is 0 Å². The number of nitrogens with one attached hydrogen (secondary N) is 1. The van der Waals surface area contributed by atoms with Crippen LogP contribution >= 0.6 is 0 Å². The van der Waals surface area contributed by atoms with Gasteiger partial charge in [0, 0.05) is 37.3 Å². The maximum absolute atomic E-state index is 14.0. The first-order valence-electron chi connectivity index (χ1n) is 11.1. The van der Waals surface area contributed by atoms with Crippen LogP contribution < -0.4 is 5.32 Å². The smallest absolute Gasteiger partial charge is 0.168 e. The molecule has 3 heterocycles. The summed E-state index contributed by atoms with van der Waals surface area (Å²) in [4.78, 5) is 2.65. The highest BCUT2D eigenvalue weighted by atomic mass is 19.2. The largest absolute Gasteiger partial charge is 0.381 e. The second-order valence-corrected chi connectivity index (χ2v) is 9.63. The van der Waals surface area contributed by atoms with E-state index in [9.17, 15) is 13.2 Å². The molecule has 2 saturated heterocycles. The Labute approximate surface area is 179 Å². The van der Waals surface area contributed by atoms with Gasteiger partial charge in [-0.3, -0.25) is 0 Å². The van der Waals surface area contributed by atoms with Crippen molar-refractivity contribution in [3.8, 4) is 11.3 Å². The van der Waals surface area contributed by atoms with Gasteiger partial charge in [-0.2, -0.15) is 0 Å². The molecule has 5 nitrogen and oxygen atoms in total. The van der Waals surface area contributed by atoms with Gasteiger partial charge >= 0.3 is 0 Å². The minimum Gasteiger partial charge on any atom is -0.381 e. The molecule has 0 spiro atoms. The Morgan fingerprint density at radius 2 is 1.74 bits per heavy atom. The molecule has 2 unspecified atom stereocenters. The molecule has 2 aliphatic carbocycles. The van der Waals surface area contributed by atoms with E-state index in [1.165, 1.54) is 19.6 Å². The summed E-state index contributed by atoms with van der Waals surface area (Å²) in [5, 5.41) is 11.5. The fourth-order valence-electron chi connectivity index (χ4n) is 6.10. The Morgan fingerprint density at radius 1 is 1.00 bits per heavy atom. The molecule has 0 bridgehead atoms. The third-order valence-electron chi connectivity index (χ3n) is 7.71. The molecule has 4 fully saturated rings. The van der Waals surface area contributed by atoms with Gasteiger partial charge in [0.05, 0.1) is 18.9 Å². The molecule has 0 radical (unpaired) electrons. The molecule has 0 amide bonds. The Bertz CT molecular complexity index is 964. The molecule has 2 saturated carbocycles. The van der Waals surface area contributed by atoms with Crippen molar-refractivity contribution >= 4 is 5.82 Å². The summed E-state index contributed by atoms with van der Waals surface area (Å²) < 4.78 is 46.4. The minimum atomic E-state index is -1.23. The molecule has 5 atom stereocenters. The number of rotatable bonds is 5. The topological polar surface area (TPSA) is 50.3 Å². The number of hydrogen-bond acceptors (Lipinski definition) is 5. The predicted octanol–water partition coefficient (Wildman–Crippen LogP) is 3.58. The summed E-state index contributed by atoms with van der Waals surface area (Å²) in [7, 11) is 0. The maximum Gasteiger partial charge on any atom is 0.168 e. The fourth-order valence-corrected chi connectivity index (χ4v) is 6.10. The number of fused-ring (bicyclic) bond motifs is 2. The molecular formula is C23H25F3N4O. The summed E-state index contributed by atoms with van der Waals surface area (Å²) in [5.41, 5.74) is -0.117. The van der Waals surface area contributed by atoms with Crippen LogP contribution in [0.2, 0.25) is 0 Å². The SMILES string of the molecule is Fc1cc(F)c(F)c(-c2ccc(N[C@H]3C[C@@H]4CN(CC5C6COCC65)C[C@@H]4C3)nn2)c1. The van der Waals surface area contributed by atoms with Gasteiger partial charge in [0.25, 0.3) is 0 Å². The molecule has 31 heavy (non-hydrogen) atoms. The van der Waals surface area contributed by atoms with Crippen LogP contribution in [0.1, 0.15) is 12.8 Å². The van der Waals surface area contributed by atoms with E-state index < -0.39 is 17.5 Å². The van der Waals surface area contributed by atoms with Crippen molar-refractivity contribution in [2.24, 2.45) is 29.6 Å². The summed E-state index contributed by atoms with van der Waals surface area (Å²) in [6.07, 6.45) is 2.21. The first kappa shape index (κ1) is 19.5. The molecule has 4 aliphatic rings. The highest BCUT2D eigenvalue weighted by molar-refractivity contribution is 5.60. The summed E-state index contributed by atoms with van der Waals surface area (Å²) in [5.74, 6) is 1.31. The summed E-state index contributed by atoms with van der Waals surface area (Å²) in [6.45, 7) is 5.50. The first-order valence-corrected chi connectivity index (χ1v) is 11.1. The van der Waals surface area contributed by atoms with E-state index in [4.69, 9.17) is 4.74 Å². The van der Waals surface area contributed by atoms with Gasteiger partial charge in [-0.1, -0.05) is 0 Å². The summed E-state index contributed by atoms with van der Waals surface area (Å²) in [6, 6.07) is 5.03. The third kappa shape index (κ3) is 3.59. The second kappa shape index (κ2) is 7.45. The Morgan fingerprint density at radius 3 is 2.42 bits per heavy atom. The van der Waals surface area contributed by atoms with Crippen LogP contribution in [0.4, 0.5) is 19.0 Å². The van der Waals surface area contributed by atoms with Crippen molar-refractivity contribution in [3.63, 3.8) is 0 Å². The van der Waals surface area contributed by atoms with Crippen LogP contribution in [0, 0.1) is 47.0 Å². The second-order valence-electron chi connectivity index (χ2n) is 9.63. The zero-order valence-corrected chi connectivity index (χ0v) is 17.1. The van der Waals surface area contributed by atoms with Gasteiger partial charge in [0.2, 0.25) is 0 Å². The lowest BCUT2D eigenvalue weighted by Gasteiger charge is -2.20. The van der Waals surface area contributed by atoms with E-state index in [1.54, 1.807) is 12.1 Å². The Balaban J connectivity index is 1.04. The molecule has 8 heteroatoms. The van der Waals surface area contributed by atoms with E-state index in [1.807, 2.05) is 0 Å². The van der Waals surface area contributed by atoms with E-state index in [0.29, 0.717) is 29.8 Å². The molecular weight excluding hydrogens is 405 g/mol. The zero-order valence-electron chi connectivity index (χ0n) is 17.1.